The number of halogens is 1. The molecule has 1 heteroatoms. The van der Waals surface area contributed by atoms with Crippen LogP contribution in [-0.2, 0) is 0 Å². The van der Waals surface area contributed by atoms with Crippen molar-refractivity contribution < 1.29 is 0 Å². The van der Waals surface area contributed by atoms with Crippen molar-refractivity contribution in [1.29, 1.82) is 0 Å². The van der Waals surface area contributed by atoms with E-state index in [1.54, 1.807) is 0 Å². The van der Waals surface area contributed by atoms with Crippen LogP contribution >= 0.6 is 11.6 Å². The summed E-state index contributed by atoms with van der Waals surface area (Å²) in [5, 5.41) is 0.888. The molecule has 0 aliphatic heterocycles. The van der Waals surface area contributed by atoms with E-state index in [4.69, 9.17) is 11.6 Å². The molecule has 1 aliphatic rings. The van der Waals surface area contributed by atoms with Crippen molar-refractivity contribution in [2.24, 2.45) is 5.41 Å². The normalized spacial score (nSPS) is 30.3. The molecule has 0 heterocycles. The Kier molecular flexibility index (Phi) is 2.78. The Bertz CT molecular complexity index is 191. The Morgan fingerprint density at radius 1 is 1.64 bits per heavy atom. The molecule has 0 amide bonds. The van der Waals surface area contributed by atoms with Gasteiger partial charge in [-0.15, -0.1) is 0 Å². The second-order valence-corrected chi connectivity index (χ2v) is 3.97. The summed E-state index contributed by atoms with van der Waals surface area (Å²) in [5.41, 5.74) is 0.368. The van der Waals surface area contributed by atoms with E-state index in [9.17, 15) is 0 Å². The lowest BCUT2D eigenvalue weighted by molar-refractivity contribution is 0.388. The Labute approximate surface area is 73.9 Å². The minimum Gasteiger partial charge on any atom is -0.0847 e. The topological polar surface area (TPSA) is 0 Å². The Morgan fingerprint density at radius 2 is 2.36 bits per heavy atom. The zero-order valence-corrected chi connectivity index (χ0v) is 7.99. The quantitative estimate of drug-likeness (QED) is 0.590. The third kappa shape index (κ3) is 2.37. The molecular formula is C10H15Cl. The van der Waals surface area contributed by atoms with Gasteiger partial charge in [-0.2, -0.15) is 0 Å². The van der Waals surface area contributed by atoms with Crippen LogP contribution in [0, 0.1) is 5.41 Å². The molecule has 0 spiro atoms. The molecule has 1 unspecified atom stereocenters. The van der Waals surface area contributed by atoms with Crippen molar-refractivity contribution in [2.75, 3.05) is 0 Å². The Hall–Kier alpha value is -0.230. The molecule has 0 saturated heterocycles. The number of hydrogen-bond acceptors (Lipinski definition) is 0. The highest BCUT2D eigenvalue weighted by molar-refractivity contribution is 6.31. The maximum Gasteiger partial charge on any atom is 0.0363 e. The van der Waals surface area contributed by atoms with Crippen LogP contribution in [-0.4, -0.2) is 0 Å². The highest BCUT2D eigenvalue weighted by Gasteiger charge is 2.20. The second kappa shape index (κ2) is 3.44. The lowest BCUT2D eigenvalue weighted by Gasteiger charge is -2.26. The molecule has 0 radical (unpaired) electrons. The van der Waals surface area contributed by atoms with Gasteiger partial charge in [0.25, 0.3) is 0 Å². The van der Waals surface area contributed by atoms with Crippen molar-refractivity contribution >= 4 is 11.6 Å². The van der Waals surface area contributed by atoms with E-state index in [1.807, 2.05) is 6.08 Å². The zero-order chi connectivity index (χ0) is 8.32. The average Bonchev–Trinajstić information content (AvgIpc) is 1.97. The second-order valence-electron chi connectivity index (χ2n) is 3.53. The molecule has 1 rings (SSSR count). The number of hydrogen-bond donors (Lipinski definition) is 0. The van der Waals surface area contributed by atoms with Gasteiger partial charge in [-0.3, -0.25) is 0 Å². The lowest BCUT2D eigenvalue weighted by Crippen LogP contribution is -2.13. The predicted molar refractivity (Wildman–Crippen MR) is 50.7 cm³/mol. The minimum atomic E-state index is 0.368. The van der Waals surface area contributed by atoms with Gasteiger partial charge in [0.2, 0.25) is 0 Å². The standard InChI is InChI=1S/C10H15Cl/c1-3-6-10(2)7-4-9(11)5-8-10/h4-5,7H,3,6,8H2,1-2H3. The van der Waals surface area contributed by atoms with Gasteiger partial charge in [-0.05, 0) is 24.3 Å². The van der Waals surface area contributed by atoms with Crippen molar-refractivity contribution in [3.8, 4) is 0 Å². The van der Waals surface area contributed by atoms with Gasteiger partial charge >= 0.3 is 0 Å². The zero-order valence-electron chi connectivity index (χ0n) is 7.23. The maximum atomic E-state index is 5.82. The number of allylic oxidation sites excluding steroid dienone is 4. The molecule has 0 saturated carbocycles. The van der Waals surface area contributed by atoms with Crippen molar-refractivity contribution in [3.05, 3.63) is 23.3 Å². The van der Waals surface area contributed by atoms with Crippen LogP contribution in [0.25, 0.3) is 0 Å². The first-order valence-electron chi connectivity index (χ1n) is 4.21. The van der Waals surface area contributed by atoms with E-state index >= 15 is 0 Å². The summed E-state index contributed by atoms with van der Waals surface area (Å²) < 4.78 is 0. The summed E-state index contributed by atoms with van der Waals surface area (Å²) in [4.78, 5) is 0. The van der Waals surface area contributed by atoms with Gasteiger partial charge in [-0.1, -0.05) is 44.0 Å². The van der Waals surface area contributed by atoms with Crippen LogP contribution in [0.1, 0.15) is 33.1 Å². The van der Waals surface area contributed by atoms with Crippen LogP contribution in [0.2, 0.25) is 0 Å². The van der Waals surface area contributed by atoms with Gasteiger partial charge < -0.3 is 0 Å². The first-order chi connectivity index (χ1) is 5.16. The van der Waals surface area contributed by atoms with Gasteiger partial charge in [-0.25, -0.2) is 0 Å². The monoisotopic (exact) mass is 170 g/mol. The highest BCUT2D eigenvalue weighted by Crippen LogP contribution is 2.34. The smallest absolute Gasteiger partial charge is 0.0363 e. The van der Waals surface area contributed by atoms with E-state index in [-0.39, 0.29) is 0 Å². The minimum absolute atomic E-state index is 0.368. The molecular weight excluding hydrogens is 156 g/mol. The van der Waals surface area contributed by atoms with E-state index in [1.165, 1.54) is 12.8 Å². The molecule has 1 aliphatic carbocycles. The van der Waals surface area contributed by atoms with E-state index in [0.29, 0.717) is 5.41 Å². The SMILES string of the molecule is CCCC1(C)C=CC(Cl)=CC1. The fourth-order valence-electron chi connectivity index (χ4n) is 1.50. The van der Waals surface area contributed by atoms with Gasteiger partial charge in [0.15, 0.2) is 0 Å². The molecule has 1 atom stereocenters. The molecule has 0 aromatic heterocycles. The van der Waals surface area contributed by atoms with Crippen molar-refractivity contribution in [1.82, 2.24) is 0 Å². The maximum absolute atomic E-state index is 5.82. The molecule has 0 bridgehead atoms. The van der Waals surface area contributed by atoms with E-state index < -0.39 is 0 Å². The Morgan fingerprint density at radius 3 is 2.82 bits per heavy atom. The summed E-state index contributed by atoms with van der Waals surface area (Å²) >= 11 is 5.82. The molecule has 62 valence electrons. The number of rotatable bonds is 2. The van der Waals surface area contributed by atoms with Crippen LogP contribution < -0.4 is 0 Å². The third-order valence-corrected chi connectivity index (χ3v) is 2.51. The van der Waals surface area contributed by atoms with Crippen molar-refractivity contribution in [2.45, 2.75) is 33.1 Å². The molecule has 0 aromatic carbocycles. The third-order valence-electron chi connectivity index (χ3n) is 2.23. The summed E-state index contributed by atoms with van der Waals surface area (Å²) in [6.45, 7) is 4.51. The first kappa shape index (κ1) is 8.86. The summed E-state index contributed by atoms with van der Waals surface area (Å²) in [5.74, 6) is 0. The van der Waals surface area contributed by atoms with Crippen molar-refractivity contribution in [3.63, 3.8) is 0 Å². The van der Waals surface area contributed by atoms with E-state index in [0.717, 1.165) is 11.5 Å². The first-order valence-corrected chi connectivity index (χ1v) is 4.59. The largest absolute Gasteiger partial charge is 0.0847 e. The van der Waals surface area contributed by atoms with Gasteiger partial charge in [0.1, 0.15) is 0 Å². The molecule has 0 aromatic rings. The Balaban J connectivity index is 2.58. The van der Waals surface area contributed by atoms with Gasteiger partial charge in [0, 0.05) is 5.03 Å². The summed E-state index contributed by atoms with van der Waals surface area (Å²) in [6.07, 6.45) is 9.95. The van der Waals surface area contributed by atoms with E-state index in [2.05, 4.69) is 26.0 Å². The molecule has 0 nitrogen and oxygen atoms in total. The average molecular weight is 171 g/mol. The molecule has 0 fully saturated rings. The fourth-order valence-corrected chi connectivity index (χ4v) is 1.64. The van der Waals surface area contributed by atoms with Gasteiger partial charge in [0.05, 0.1) is 0 Å². The predicted octanol–water partition coefficient (Wildman–Crippen LogP) is 3.88. The van der Waals surface area contributed by atoms with Crippen LogP contribution in [0.4, 0.5) is 0 Å². The van der Waals surface area contributed by atoms with Crippen LogP contribution in [0.5, 0.6) is 0 Å². The fraction of sp³-hybridized carbons (Fsp3) is 0.600. The lowest BCUT2D eigenvalue weighted by atomic mass is 9.80. The summed E-state index contributed by atoms with van der Waals surface area (Å²) in [6, 6.07) is 0. The van der Waals surface area contributed by atoms with Crippen LogP contribution in [0.15, 0.2) is 23.3 Å². The highest BCUT2D eigenvalue weighted by atomic mass is 35.5. The molecule has 0 N–H and O–H groups in total. The van der Waals surface area contributed by atoms with Crippen LogP contribution in [0.3, 0.4) is 0 Å². The molecule has 11 heavy (non-hydrogen) atoms. The summed E-state index contributed by atoms with van der Waals surface area (Å²) in [7, 11) is 0.